The average Bonchev–Trinajstić information content (AvgIpc) is 3.06. The molecule has 1 saturated heterocycles. The molecule has 0 bridgehead atoms. The molecule has 6 rings (SSSR count). The molecule has 2 aliphatic carbocycles. The summed E-state index contributed by atoms with van der Waals surface area (Å²) in [4.78, 5) is 52.5. The van der Waals surface area contributed by atoms with Gasteiger partial charge >= 0.3 is 5.97 Å². The van der Waals surface area contributed by atoms with E-state index in [2.05, 4.69) is 5.32 Å². The smallest absolute Gasteiger partial charge is 0.325 e. The second kappa shape index (κ2) is 12.3. The van der Waals surface area contributed by atoms with E-state index in [4.69, 9.17) is 14.2 Å². The van der Waals surface area contributed by atoms with Crippen LogP contribution in [0.4, 0.5) is 0 Å². The van der Waals surface area contributed by atoms with Crippen molar-refractivity contribution in [2.24, 2.45) is 0 Å². The van der Waals surface area contributed by atoms with E-state index in [9.17, 15) is 60.0 Å². The number of benzene rings is 3. The average molecular weight is 696 g/mol. The van der Waals surface area contributed by atoms with E-state index in [1.165, 1.54) is 40.0 Å². The summed E-state index contributed by atoms with van der Waals surface area (Å²) in [7, 11) is 1.27. The fourth-order valence-electron chi connectivity index (χ4n) is 6.68. The number of hydrogen-bond acceptors (Lipinski definition) is 14. The highest BCUT2D eigenvalue weighted by Gasteiger charge is 2.48. The molecule has 3 aromatic carbocycles. The number of phenolic OH excluding ortho intramolecular Hbond substituents is 3. The molecule has 0 radical (unpaired) electrons. The Morgan fingerprint density at radius 3 is 2.10 bits per heavy atom. The molecule has 0 spiro atoms. The van der Waals surface area contributed by atoms with Crippen molar-refractivity contribution >= 4 is 23.4 Å². The molecule has 3 aromatic rings. The first kappa shape index (κ1) is 34.8. The number of aryl methyl sites for hydroxylation is 1. The summed E-state index contributed by atoms with van der Waals surface area (Å²) < 4.78 is 16.7. The molecule has 50 heavy (non-hydrogen) atoms. The van der Waals surface area contributed by atoms with Crippen LogP contribution in [0.2, 0.25) is 0 Å². The molecule has 8 atom stereocenters. The van der Waals surface area contributed by atoms with Gasteiger partial charge in [-0.15, -0.1) is 0 Å². The molecule has 1 amide bonds. The minimum atomic E-state index is -1.84. The van der Waals surface area contributed by atoms with E-state index in [0.29, 0.717) is 0 Å². The molecule has 0 aromatic heterocycles. The lowest BCUT2D eigenvalue weighted by Gasteiger charge is -2.42. The molecule has 16 heteroatoms. The first-order valence-corrected chi connectivity index (χ1v) is 15.3. The lowest BCUT2D eigenvalue weighted by molar-refractivity contribution is -0.312. The number of aliphatic hydroxyl groups is 4. The third-order valence-corrected chi connectivity index (χ3v) is 9.33. The SMILES string of the molecule is COc1cc(O)c2c(c1)C(=O)c1c(cc3c(c1O)-c1c(cc(C)c(C(=O)N[C@H](C)C(=O)O)c1O)[C@H](O[C@H]1O[C@@H](C)[C@@H](O)[C@@H](O)[C@@H]1O)[C@H]3O)C2=O. The van der Waals surface area contributed by atoms with Gasteiger partial charge in [-0.3, -0.25) is 19.2 Å². The van der Waals surface area contributed by atoms with Crippen molar-refractivity contribution in [3.8, 4) is 34.1 Å². The minimum Gasteiger partial charge on any atom is -0.507 e. The quantitative estimate of drug-likeness (QED) is 0.134. The van der Waals surface area contributed by atoms with Crippen LogP contribution in [-0.2, 0) is 14.3 Å². The highest BCUT2D eigenvalue weighted by atomic mass is 16.7. The number of methoxy groups -OCH3 is 1. The lowest BCUT2D eigenvalue weighted by atomic mass is 9.74. The molecular formula is C34H33NO15. The molecule has 0 saturated carbocycles. The summed E-state index contributed by atoms with van der Waals surface area (Å²) in [5.41, 5.74) is -3.19. The van der Waals surface area contributed by atoms with Gasteiger partial charge in [-0.05, 0) is 49.6 Å². The number of nitrogens with one attached hydrogen (secondary N) is 1. The van der Waals surface area contributed by atoms with Crippen LogP contribution in [-0.4, -0.2) is 108 Å². The van der Waals surface area contributed by atoms with Crippen molar-refractivity contribution in [1.82, 2.24) is 5.32 Å². The van der Waals surface area contributed by atoms with Gasteiger partial charge in [-0.1, -0.05) is 6.07 Å². The van der Waals surface area contributed by atoms with E-state index < -0.39 is 112 Å². The second-order valence-electron chi connectivity index (χ2n) is 12.4. The van der Waals surface area contributed by atoms with Crippen LogP contribution < -0.4 is 10.1 Å². The first-order chi connectivity index (χ1) is 23.5. The maximum absolute atomic E-state index is 13.9. The highest BCUT2D eigenvalue weighted by Crippen LogP contribution is 2.57. The number of carbonyl (C=O) groups excluding carboxylic acids is 3. The van der Waals surface area contributed by atoms with Gasteiger partial charge in [0.15, 0.2) is 17.9 Å². The number of carboxylic acids is 1. The molecule has 1 fully saturated rings. The van der Waals surface area contributed by atoms with Crippen molar-refractivity contribution in [3.05, 3.63) is 68.8 Å². The molecule has 9 N–H and O–H groups in total. The maximum Gasteiger partial charge on any atom is 0.325 e. The predicted molar refractivity (Wildman–Crippen MR) is 167 cm³/mol. The van der Waals surface area contributed by atoms with Crippen LogP contribution in [0.5, 0.6) is 23.0 Å². The number of ether oxygens (including phenoxy) is 3. The van der Waals surface area contributed by atoms with Crippen molar-refractivity contribution in [2.75, 3.05) is 7.11 Å². The zero-order valence-electron chi connectivity index (χ0n) is 26.9. The number of hydrogen-bond donors (Lipinski definition) is 9. The predicted octanol–water partition coefficient (Wildman–Crippen LogP) is 0.698. The van der Waals surface area contributed by atoms with Crippen molar-refractivity contribution in [3.63, 3.8) is 0 Å². The van der Waals surface area contributed by atoms with Gasteiger partial charge in [0.1, 0.15) is 59.6 Å². The minimum absolute atomic E-state index is 0.0301. The lowest BCUT2D eigenvalue weighted by Crippen LogP contribution is -2.57. The zero-order chi connectivity index (χ0) is 36.7. The van der Waals surface area contributed by atoms with Crippen molar-refractivity contribution in [2.45, 2.75) is 69.7 Å². The molecule has 16 nitrogen and oxygen atoms in total. The van der Waals surface area contributed by atoms with Crippen LogP contribution in [0.25, 0.3) is 11.1 Å². The van der Waals surface area contributed by atoms with Crippen LogP contribution in [0.1, 0.15) is 84.9 Å². The van der Waals surface area contributed by atoms with Gasteiger partial charge in [0.2, 0.25) is 0 Å². The number of fused-ring (bicyclic) bond motifs is 5. The number of rotatable bonds is 6. The van der Waals surface area contributed by atoms with E-state index >= 15 is 0 Å². The number of ketones is 2. The van der Waals surface area contributed by atoms with Crippen molar-refractivity contribution < 1.29 is 74.2 Å². The van der Waals surface area contributed by atoms with Crippen LogP contribution in [0.15, 0.2) is 24.3 Å². The second-order valence-corrected chi connectivity index (χ2v) is 12.4. The third-order valence-electron chi connectivity index (χ3n) is 9.33. The maximum atomic E-state index is 13.9. The molecule has 1 aliphatic heterocycles. The Balaban J connectivity index is 1.60. The van der Waals surface area contributed by atoms with Crippen molar-refractivity contribution in [1.29, 1.82) is 0 Å². The Hall–Kier alpha value is -5.10. The molecular weight excluding hydrogens is 662 g/mol. The Labute approximate surface area is 282 Å². The summed E-state index contributed by atoms with van der Waals surface area (Å²) >= 11 is 0. The summed E-state index contributed by atoms with van der Waals surface area (Å²) in [5, 5.41) is 89.0. The number of aliphatic carboxylic acids is 1. The summed E-state index contributed by atoms with van der Waals surface area (Å²) in [5.74, 6) is -6.50. The van der Waals surface area contributed by atoms with Gasteiger partial charge in [0, 0.05) is 28.3 Å². The van der Waals surface area contributed by atoms with Crippen LogP contribution >= 0.6 is 0 Å². The number of aromatic hydroxyl groups is 3. The summed E-state index contributed by atoms with van der Waals surface area (Å²) in [6, 6.07) is 3.27. The number of amides is 1. The van der Waals surface area contributed by atoms with Gasteiger partial charge in [0.05, 0.1) is 29.9 Å². The number of carboxylic acid groups (broad SMARTS) is 1. The monoisotopic (exact) mass is 695 g/mol. The third kappa shape index (κ3) is 5.15. The van der Waals surface area contributed by atoms with Gasteiger partial charge in [0.25, 0.3) is 5.91 Å². The van der Waals surface area contributed by atoms with Gasteiger partial charge < -0.3 is 60.4 Å². The normalized spacial score (nSPS) is 25.9. The van der Waals surface area contributed by atoms with Crippen LogP contribution in [0, 0.1) is 6.92 Å². The molecule has 3 aliphatic rings. The standard InChI is InChI=1S/C34H33NO15/c1-9-5-16-21(27(41)18(9)32(45)35-10(2)33(46)47)20-14(26(40)31(16)50-34-30(44)29(43)23(37)11(3)49-34)8-15-22(28(20)42)25(39)13-6-12(48-4)7-17(36)19(13)24(15)38/h5-8,10-11,23,26,29-31,34,36-37,40-44H,1-4H3,(H,35,45)(H,46,47)/t10-,11+,23-,26+,29-,30+,31+,34-/m1/s1. The first-order valence-electron chi connectivity index (χ1n) is 15.3. The Morgan fingerprint density at radius 2 is 1.46 bits per heavy atom. The molecule has 1 heterocycles. The largest absolute Gasteiger partial charge is 0.507 e. The zero-order valence-corrected chi connectivity index (χ0v) is 26.9. The van der Waals surface area contributed by atoms with E-state index in [1.54, 1.807) is 0 Å². The van der Waals surface area contributed by atoms with Gasteiger partial charge in [-0.25, -0.2) is 0 Å². The van der Waals surface area contributed by atoms with E-state index in [1.807, 2.05) is 0 Å². The highest BCUT2D eigenvalue weighted by molar-refractivity contribution is 6.31. The number of aliphatic hydroxyl groups excluding tert-OH is 4. The van der Waals surface area contributed by atoms with E-state index in [0.717, 1.165) is 12.1 Å². The number of carbonyl (C=O) groups is 4. The Kier molecular flexibility index (Phi) is 8.58. The van der Waals surface area contributed by atoms with E-state index in [-0.39, 0.29) is 39.1 Å². The summed E-state index contributed by atoms with van der Waals surface area (Å²) in [6.45, 7) is 3.97. The molecule has 0 unspecified atom stereocenters. The topological polar surface area (TPSA) is 270 Å². The number of phenols is 3. The summed E-state index contributed by atoms with van der Waals surface area (Å²) in [6.07, 6.45) is -11.3. The Bertz CT molecular complexity index is 1990. The van der Waals surface area contributed by atoms with Crippen LogP contribution in [0.3, 0.4) is 0 Å². The molecule has 264 valence electrons. The fraction of sp³-hybridized carbons (Fsp3) is 0.353. The van der Waals surface area contributed by atoms with Gasteiger partial charge in [-0.2, -0.15) is 0 Å². The fourth-order valence-corrected chi connectivity index (χ4v) is 6.68. The Morgan fingerprint density at radius 1 is 0.840 bits per heavy atom.